The van der Waals surface area contributed by atoms with E-state index in [1.165, 1.54) is 6.07 Å². The van der Waals surface area contributed by atoms with Gasteiger partial charge in [-0.2, -0.15) is 13.2 Å². The maximum Gasteiger partial charge on any atom is 0.416 e. The van der Waals surface area contributed by atoms with Crippen molar-refractivity contribution in [3.8, 4) is 5.75 Å². The summed E-state index contributed by atoms with van der Waals surface area (Å²) in [6.45, 7) is 14.7. The predicted molar refractivity (Wildman–Crippen MR) is 91.5 cm³/mol. The molecular weight excluding hydrogens is 337 g/mol. The van der Waals surface area contributed by atoms with Crippen LogP contribution in [-0.4, -0.2) is 17.4 Å². The minimum absolute atomic E-state index is 0.0460. The summed E-state index contributed by atoms with van der Waals surface area (Å²) in [5.41, 5.74) is -0.0131. The molecule has 0 amide bonds. The third-order valence-electron chi connectivity index (χ3n) is 4.10. The van der Waals surface area contributed by atoms with Gasteiger partial charge >= 0.3 is 6.18 Å². The minimum atomic E-state index is -4.37. The van der Waals surface area contributed by atoms with Crippen molar-refractivity contribution in [3.63, 3.8) is 0 Å². The molecule has 1 rings (SSSR count). The van der Waals surface area contributed by atoms with Gasteiger partial charge in [-0.15, -0.1) is 0 Å². The molecule has 0 aliphatic carbocycles. The van der Waals surface area contributed by atoms with Gasteiger partial charge in [0.05, 0.1) is 12.2 Å². The quantitative estimate of drug-likeness (QED) is 0.610. The summed E-state index contributed by atoms with van der Waals surface area (Å²) in [6.07, 6.45) is -4.37. The van der Waals surface area contributed by atoms with Gasteiger partial charge in [-0.25, -0.2) is 0 Å². The highest BCUT2D eigenvalue weighted by molar-refractivity contribution is 6.74. The highest BCUT2D eigenvalue weighted by atomic mass is 28.4. The van der Waals surface area contributed by atoms with Crippen LogP contribution in [0.4, 0.5) is 13.2 Å². The van der Waals surface area contributed by atoms with Crippen molar-refractivity contribution in [1.29, 1.82) is 0 Å². The van der Waals surface area contributed by atoms with Crippen molar-refractivity contribution in [2.45, 2.75) is 64.8 Å². The van der Waals surface area contributed by atoms with Crippen molar-refractivity contribution in [3.05, 3.63) is 29.3 Å². The van der Waals surface area contributed by atoms with E-state index in [-0.39, 0.29) is 17.4 Å². The van der Waals surface area contributed by atoms with E-state index in [4.69, 9.17) is 8.85 Å². The second-order valence-electron chi connectivity index (χ2n) is 7.38. The van der Waals surface area contributed by atoms with E-state index >= 15 is 0 Å². The molecule has 0 bridgehead atoms. The van der Waals surface area contributed by atoms with Crippen molar-refractivity contribution in [2.75, 3.05) is 0 Å². The van der Waals surface area contributed by atoms with Crippen molar-refractivity contribution in [1.82, 2.24) is 0 Å². The number of hydrogen-bond donors (Lipinski definition) is 0. The van der Waals surface area contributed by atoms with Gasteiger partial charge in [0.25, 0.3) is 9.04 Å². The molecule has 0 N–H and O–H groups in total. The van der Waals surface area contributed by atoms with E-state index in [0.717, 1.165) is 12.1 Å². The zero-order chi connectivity index (χ0) is 18.1. The van der Waals surface area contributed by atoms with Crippen LogP contribution in [0.1, 0.15) is 31.9 Å². The van der Waals surface area contributed by atoms with Crippen LogP contribution in [0.5, 0.6) is 5.75 Å². The van der Waals surface area contributed by atoms with Crippen LogP contribution in [0.3, 0.4) is 0 Å². The first-order valence-corrected chi connectivity index (χ1v) is 12.9. The minimum Gasteiger partial charge on any atom is -0.542 e. The molecular formula is C16H26F3O2Si2. The van der Waals surface area contributed by atoms with Crippen LogP contribution in [0.2, 0.25) is 31.2 Å². The summed E-state index contributed by atoms with van der Waals surface area (Å²) in [4.78, 5) is 0. The third-order valence-corrected chi connectivity index (χ3v) is 9.21. The van der Waals surface area contributed by atoms with Crippen LogP contribution in [0.15, 0.2) is 18.2 Å². The second kappa shape index (κ2) is 6.98. The normalized spacial score (nSPS) is 13.5. The molecule has 7 heteroatoms. The number of rotatable bonds is 5. The van der Waals surface area contributed by atoms with Crippen LogP contribution < -0.4 is 4.43 Å². The average Bonchev–Trinajstić information content (AvgIpc) is 2.34. The Bertz CT molecular complexity index is 535. The standard InChI is InChI=1S/C16H26F3O2Si2/c1-15(2,3)23(6,7)20-11-12-8-9-13(16(17,18)19)10-14(12)21-22(4)5/h8-10H,11H2,1-7H3. The van der Waals surface area contributed by atoms with Crippen LogP contribution in [0.25, 0.3) is 0 Å². The summed E-state index contributed by atoms with van der Waals surface area (Å²) in [7, 11) is -3.13. The predicted octanol–water partition coefficient (Wildman–Crippen LogP) is 5.86. The lowest BCUT2D eigenvalue weighted by Gasteiger charge is -2.36. The Labute approximate surface area is 139 Å². The van der Waals surface area contributed by atoms with E-state index in [1.807, 2.05) is 13.1 Å². The number of halogens is 3. The van der Waals surface area contributed by atoms with Gasteiger partial charge < -0.3 is 8.85 Å². The Hall–Kier alpha value is -0.796. The molecule has 0 saturated carbocycles. The average molecular weight is 364 g/mol. The lowest BCUT2D eigenvalue weighted by Crippen LogP contribution is -2.40. The van der Waals surface area contributed by atoms with Gasteiger partial charge in [-0.1, -0.05) is 26.8 Å². The molecule has 0 saturated heterocycles. The zero-order valence-electron chi connectivity index (χ0n) is 14.9. The number of benzene rings is 1. The topological polar surface area (TPSA) is 18.5 Å². The maximum atomic E-state index is 12.9. The number of hydrogen-bond acceptors (Lipinski definition) is 2. The molecule has 0 aromatic heterocycles. The molecule has 0 aliphatic rings. The lowest BCUT2D eigenvalue weighted by atomic mass is 10.1. The Morgan fingerprint density at radius 2 is 1.65 bits per heavy atom. The summed E-state index contributed by atoms with van der Waals surface area (Å²) in [5, 5.41) is 0.0460. The highest BCUT2D eigenvalue weighted by Crippen LogP contribution is 2.38. The van der Waals surface area contributed by atoms with Gasteiger partial charge in [0, 0.05) is 5.56 Å². The van der Waals surface area contributed by atoms with E-state index < -0.39 is 29.1 Å². The van der Waals surface area contributed by atoms with Crippen molar-refractivity contribution < 1.29 is 22.0 Å². The van der Waals surface area contributed by atoms with E-state index in [1.54, 1.807) is 0 Å². The molecule has 0 aliphatic heterocycles. The maximum absolute atomic E-state index is 12.9. The van der Waals surface area contributed by atoms with Gasteiger partial charge in [-0.05, 0) is 43.4 Å². The Balaban J connectivity index is 3.06. The van der Waals surface area contributed by atoms with Crippen LogP contribution in [-0.2, 0) is 17.2 Å². The monoisotopic (exact) mass is 363 g/mol. The largest absolute Gasteiger partial charge is 0.542 e. The van der Waals surface area contributed by atoms with Crippen LogP contribution in [0, 0.1) is 0 Å². The fourth-order valence-electron chi connectivity index (χ4n) is 1.64. The summed E-state index contributed by atoms with van der Waals surface area (Å²) < 4.78 is 50.5. The Morgan fingerprint density at radius 1 is 1.09 bits per heavy atom. The van der Waals surface area contributed by atoms with Gasteiger partial charge in [0.2, 0.25) is 0 Å². The Kier molecular flexibility index (Phi) is 6.15. The molecule has 0 fully saturated rings. The first-order chi connectivity index (χ1) is 10.2. The summed E-state index contributed by atoms with van der Waals surface area (Å²) in [5.74, 6) is 0.289. The van der Waals surface area contributed by atoms with Crippen molar-refractivity contribution in [2.24, 2.45) is 0 Å². The fraction of sp³-hybridized carbons (Fsp3) is 0.625. The summed E-state index contributed by atoms with van der Waals surface area (Å²) in [6, 6.07) is 3.65. The van der Waals surface area contributed by atoms with Crippen LogP contribution >= 0.6 is 0 Å². The molecule has 1 aromatic rings. The highest BCUT2D eigenvalue weighted by Gasteiger charge is 2.37. The van der Waals surface area contributed by atoms with E-state index in [2.05, 4.69) is 33.9 Å². The summed E-state index contributed by atoms with van der Waals surface area (Å²) >= 11 is 0. The first-order valence-electron chi connectivity index (χ1n) is 7.56. The molecule has 0 unspecified atom stereocenters. The van der Waals surface area contributed by atoms with Gasteiger partial charge in [-0.3, -0.25) is 0 Å². The zero-order valence-corrected chi connectivity index (χ0v) is 16.9. The lowest BCUT2D eigenvalue weighted by molar-refractivity contribution is -0.137. The molecule has 2 nitrogen and oxygen atoms in total. The van der Waals surface area contributed by atoms with E-state index in [0.29, 0.717) is 5.56 Å². The second-order valence-corrected chi connectivity index (χ2v) is 14.2. The third kappa shape index (κ3) is 5.65. The molecule has 1 aromatic carbocycles. The van der Waals surface area contributed by atoms with Crippen molar-refractivity contribution >= 4 is 17.4 Å². The molecule has 0 heterocycles. The molecule has 23 heavy (non-hydrogen) atoms. The van der Waals surface area contributed by atoms with Gasteiger partial charge in [0.1, 0.15) is 5.75 Å². The molecule has 0 spiro atoms. The molecule has 1 radical (unpaired) electrons. The number of alkyl halides is 3. The van der Waals surface area contributed by atoms with E-state index in [9.17, 15) is 13.2 Å². The Morgan fingerprint density at radius 3 is 2.09 bits per heavy atom. The van der Waals surface area contributed by atoms with Gasteiger partial charge in [0.15, 0.2) is 8.32 Å². The molecule has 131 valence electrons. The SMILES string of the molecule is C[Si](C)Oc1cc(C(F)(F)F)ccc1CO[Si](C)(C)C(C)(C)C. The smallest absolute Gasteiger partial charge is 0.416 e. The first kappa shape index (κ1) is 20.2. The molecule has 0 atom stereocenters. The fourth-order valence-corrected chi connectivity index (χ4v) is 3.22.